The Bertz CT molecular complexity index is 922. The smallest absolute Gasteiger partial charge is 0.247 e. The van der Waals surface area contributed by atoms with Crippen LogP contribution >= 0.6 is 22.6 Å². The molecule has 0 spiro atoms. The van der Waals surface area contributed by atoms with Crippen molar-refractivity contribution >= 4 is 39.7 Å². The van der Waals surface area contributed by atoms with Gasteiger partial charge in [-0.15, -0.1) is 0 Å². The third-order valence-electron chi connectivity index (χ3n) is 4.07. The van der Waals surface area contributed by atoms with Crippen LogP contribution in [0.15, 0.2) is 30.6 Å². The predicted molar refractivity (Wildman–Crippen MR) is 100.0 cm³/mol. The van der Waals surface area contributed by atoms with Crippen LogP contribution in [0.5, 0.6) is 5.88 Å². The van der Waals surface area contributed by atoms with Crippen LogP contribution < -0.4 is 10.5 Å². The zero-order valence-corrected chi connectivity index (χ0v) is 15.6. The fraction of sp³-hybridized carbons (Fsp3) is 0.312. The van der Waals surface area contributed by atoms with Crippen molar-refractivity contribution in [2.75, 3.05) is 5.73 Å². The van der Waals surface area contributed by atoms with Crippen molar-refractivity contribution < 1.29 is 19.7 Å². The number of rotatable bonds is 4. The van der Waals surface area contributed by atoms with Gasteiger partial charge in [-0.05, 0) is 40.3 Å². The highest BCUT2D eigenvalue weighted by Crippen LogP contribution is 2.32. The van der Waals surface area contributed by atoms with Gasteiger partial charge in [0.15, 0.2) is 17.5 Å². The summed E-state index contributed by atoms with van der Waals surface area (Å²) in [7, 11) is 0. The fourth-order valence-electron chi connectivity index (χ4n) is 2.76. The molecule has 9 nitrogen and oxygen atoms in total. The number of nitrogens with two attached hydrogens (primary N) is 1. The zero-order chi connectivity index (χ0) is 18.3. The quantitative estimate of drug-likeness (QED) is 0.487. The number of hydrogen-bond acceptors (Lipinski definition) is 8. The molecule has 1 aliphatic rings. The highest BCUT2D eigenvalue weighted by molar-refractivity contribution is 14.1. The van der Waals surface area contributed by atoms with Gasteiger partial charge in [0.25, 0.3) is 0 Å². The first-order valence-corrected chi connectivity index (χ1v) is 8.98. The van der Waals surface area contributed by atoms with Crippen molar-refractivity contribution in [3.05, 3.63) is 39.7 Å². The van der Waals surface area contributed by atoms with Gasteiger partial charge < -0.3 is 25.4 Å². The molecule has 136 valence electrons. The summed E-state index contributed by atoms with van der Waals surface area (Å²) in [5.74, 6) is 0.305. The van der Waals surface area contributed by atoms with E-state index in [0.717, 1.165) is 9.13 Å². The van der Waals surface area contributed by atoms with Crippen LogP contribution in [0.3, 0.4) is 0 Å². The lowest BCUT2D eigenvalue weighted by molar-refractivity contribution is -0.140. The molecule has 3 atom stereocenters. The molecule has 0 aliphatic carbocycles. The number of imidazole rings is 1. The lowest BCUT2D eigenvalue weighted by Crippen LogP contribution is -2.19. The summed E-state index contributed by atoms with van der Waals surface area (Å²) >= 11 is 2.24. The second-order valence-corrected chi connectivity index (χ2v) is 7.16. The van der Waals surface area contributed by atoms with E-state index in [1.54, 1.807) is 4.57 Å². The summed E-state index contributed by atoms with van der Waals surface area (Å²) in [4.78, 5) is 12.6. The number of ether oxygens (including phenoxy) is 2. The first-order valence-electron chi connectivity index (χ1n) is 7.90. The van der Waals surface area contributed by atoms with Crippen molar-refractivity contribution in [2.24, 2.45) is 0 Å². The number of benzene rings is 1. The number of aliphatic hydroxyl groups is 2. The molecule has 1 aliphatic heterocycles. The van der Waals surface area contributed by atoms with Crippen LogP contribution in [-0.4, -0.2) is 42.1 Å². The average molecular weight is 469 g/mol. The number of nitrogen functional groups attached to an aromatic ring is 1. The number of fused-ring (bicyclic) bond motifs is 1. The number of anilines is 1. The third kappa shape index (κ3) is 3.32. The molecule has 10 heteroatoms. The highest BCUT2D eigenvalue weighted by atomic mass is 127. The van der Waals surface area contributed by atoms with E-state index in [9.17, 15) is 10.2 Å². The number of aromatic nitrogens is 4. The van der Waals surface area contributed by atoms with Crippen LogP contribution in [0.25, 0.3) is 11.2 Å². The minimum atomic E-state index is -1.24. The largest absolute Gasteiger partial charge is 0.471 e. The van der Waals surface area contributed by atoms with Gasteiger partial charge in [-0.1, -0.05) is 12.1 Å². The molecule has 1 saturated heterocycles. The number of aliphatic hydroxyl groups excluding tert-OH is 2. The Kier molecular flexibility index (Phi) is 4.65. The lowest BCUT2D eigenvalue weighted by Gasteiger charge is -2.12. The molecule has 0 radical (unpaired) electrons. The van der Waals surface area contributed by atoms with Crippen molar-refractivity contribution in [3.63, 3.8) is 0 Å². The molecule has 3 aromatic rings. The zero-order valence-electron chi connectivity index (χ0n) is 13.5. The summed E-state index contributed by atoms with van der Waals surface area (Å²) in [5.41, 5.74) is 7.65. The molecule has 3 heterocycles. The molecule has 1 fully saturated rings. The van der Waals surface area contributed by atoms with Gasteiger partial charge in [-0.3, -0.25) is 4.57 Å². The summed E-state index contributed by atoms with van der Waals surface area (Å²) in [6.07, 6.45) is -1.08. The second-order valence-electron chi connectivity index (χ2n) is 5.91. The van der Waals surface area contributed by atoms with Crippen LogP contribution in [-0.2, 0) is 11.3 Å². The Labute approximate surface area is 161 Å². The van der Waals surface area contributed by atoms with Crippen molar-refractivity contribution in [1.29, 1.82) is 0 Å². The van der Waals surface area contributed by atoms with Gasteiger partial charge in [-0.2, -0.15) is 9.97 Å². The summed E-state index contributed by atoms with van der Waals surface area (Å²) in [6, 6.07) is 7.92. The highest BCUT2D eigenvalue weighted by Gasteiger charge is 2.34. The Morgan fingerprint density at radius 2 is 2.04 bits per heavy atom. The molecular weight excluding hydrogens is 453 g/mol. The summed E-state index contributed by atoms with van der Waals surface area (Å²) in [5, 5.41) is 19.3. The second kappa shape index (κ2) is 6.95. The Morgan fingerprint density at radius 1 is 1.27 bits per heavy atom. The van der Waals surface area contributed by atoms with Gasteiger partial charge in [0, 0.05) is 9.99 Å². The molecule has 2 aromatic heterocycles. The van der Waals surface area contributed by atoms with E-state index in [0.29, 0.717) is 17.8 Å². The van der Waals surface area contributed by atoms with E-state index in [-0.39, 0.29) is 18.2 Å². The van der Waals surface area contributed by atoms with Crippen molar-refractivity contribution in [3.8, 4) is 5.88 Å². The standard InChI is InChI=1S/C16H16IN5O4/c17-9-3-1-8(2-4-9)6-25-14-12-13(20-16(18)21-14)22(7-19-12)11-5-10(23)15(24)26-11/h1-4,7,10-11,15,23-24H,5-6H2,(H2,18,20,21)/t10-,11+,15-/m0/s1. The topological polar surface area (TPSA) is 129 Å². The van der Waals surface area contributed by atoms with Crippen molar-refractivity contribution in [1.82, 2.24) is 19.5 Å². The maximum Gasteiger partial charge on any atom is 0.247 e. The number of nitrogens with zero attached hydrogens (tertiary/aromatic N) is 4. The first-order chi connectivity index (χ1) is 12.5. The Hall–Kier alpha value is -2.02. The maximum absolute atomic E-state index is 9.69. The third-order valence-corrected chi connectivity index (χ3v) is 4.79. The van der Waals surface area contributed by atoms with Gasteiger partial charge in [0.1, 0.15) is 18.9 Å². The molecule has 4 N–H and O–H groups in total. The SMILES string of the molecule is Nc1nc(OCc2ccc(I)cc2)c2ncn([C@H]3C[C@H](O)[C@@H](O)O3)c2n1. The monoisotopic (exact) mass is 469 g/mol. The molecule has 0 saturated carbocycles. The van der Waals surface area contributed by atoms with Gasteiger partial charge in [0.2, 0.25) is 11.8 Å². The van der Waals surface area contributed by atoms with Crippen LogP contribution in [0.2, 0.25) is 0 Å². The van der Waals surface area contributed by atoms with Crippen LogP contribution in [0.1, 0.15) is 18.2 Å². The molecule has 0 bridgehead atoms. The summed E-state index contributed by atoms with van der Waals surface area (Å²) < 4.78 is 13.9. The minimum Gasteiger partial charge on any atom is -0.471 e. The van der Waals surface area contributed by atoms with Crippen LogP contribution in [0.4, 0.5) is 5.95 Å². The van der Waals surface area contributed by atoms with Crippen molar-refractivity contribution in [2.45, 2.75) is 31.6 Å². The van der Waals surface area contributed by atoms with Gasteiger partial charge >= 0.3 is 0 Å². The van der Waals surface area contributed by atoms with Gasteiger partial charge in [-0.25, -0.2) is 4.98 Å². The van der Waals surface area contributed by atoms with Gasteiger partial charge in [0.05, 0.1) is 6.33 Å². The number of hydrogen-bond donors (Lipinski definition) is 3. The normalized spacial score (nSPS) is 22.8. The first kappa shape index (κ1) is 17.4. The van der Waals surface area contributed by atoms with E-state index in [4.69, 9.17) is 15.2 Å². The Morgan fingerprint density at radius 3 is 2.73 bits per heavy atom. The summed E-state index contributed by atoms with van der Waals surface area (Å²) in [6.45, 7) is 0.312. The van der Waals surface area contributed by atoms with E-state index in [2.05, 4.69) is 37.5 Å². The molecule has 4 rings (SSSR count). The average Bonchev–Trinajstić information content (AvgIpc) is 3.17. The minimum absolute atomic E-state index is 0.0379. The molecule has 0 unspecified atom stereocenters. The predicted octanol–water partition coefficient (Wildman–Crippen LogP) is 1.19. The number of halogens is 1. The van der Waals surface area contributed by atoms with E-state index in [1.807, 2.05) is 24.3 Å². The van der Waals surface area contributed by atoms with Crippen LogP contribution in [0, 0.1) is 3.57 Å². The van der Waals surface area contributed by atoms with E-state index >= 15 is 0 Å². The molecule has 1 aromatic carbocycles. The lowest BCUT2D eigenvalue weighted by atomic mass is 10.2. The molecule has 26 heavy (non-hydrogen) atoms. The van der Waals surface area contributed by atoms with E-state index in [1.165, 1.54) is 6.33 Å². The molecule has 0 amide bonds. The van der Waals surface area contributed by atoms with E-state index < -0.39 is 18.6 Å². The Balaban J connectivity index is 1.62. The fourth-order valence-corrected chi connectivity index (χ4v) is 3.12. The maximum atomic E-state index is 9.69. The molecular formula is C16H16IN5O4.